The van der Waals surface area contributed by atoms with Gasteiger partial charge in [0.2, 0.25) is 0 Å². The number of aliphatic hydroxyl groups is 3. The average Bonchev–Trinajstić information content (AvgIpc) is 2.80. The molecule has 0 spiro atoms. The van der Waals surface area contributed by atoms with Gasteiger partial charge in [0.15, 0.2) is 0 Å². The molecular weight excluding hydrogens is 460 g/mol. The molecule has 0 radical (unpaired) electrons. The fraction of sp³-hybridized carbons (Fsp3) is 0.880. The van der Waals surface area contributed by atoms with Gasteiger partial charge in [-0.25, -0.2) is 4.79 Å². The SMILES string of the molecule is C=C(C)C(=O)OCC(C)OCC(C)OCC(C)O.CC(O)COC(C)COC(C)COC(C)CO. The van der Waals surface area contributed by atoms with Gasteiger partial charge < -0.3 is 43.7 Å². The van der Waals surface area contributed by atoms with Crippen molar-refractivity contribution in [3.63, 3.8) is 0 Å². The van der Waals surface area contributed by atoms with Crippen molar-refractivity contribution in [1.29, 1.82) is 0 Å². The maximum atomic E-state index is 11.1. The second kappa shape index (κ2) is 22.1. The van der Waals surface area contributed by atoms with E-state index >= 15 is 0 Å². The van der Waals surface area contributed by atoms with E-state index in [-0.39, 0.29) is 50.3 Å². The zero-order chi connectivity index (χ0) is 27.4. The zero-order valence-corrected chi connectivity index (χ0v) is 22.9. The summed E-state index contributed by atoms with van der Waals surface area (Å²) in [6.45, 7) is 19.8. The lowest BCUT2D eigenvalue weighted by Crippen LogP contribution is -2.27. The Balaban J connectivity index is 0. The third-order valence-corrected chi connectivity index (χ3v) is 4.14. The highest BCUT2D eigenvalue weighted by molar-refractivity contribution is 5.86. The first kappa shape index (κ1) is 36.0. The molecule has 10 heteroatoms. The largest absolute Gasteiger partial charge is 0.460 e. The Bertz CT molecular complexity index is 526. The van der Waals surface area contributed by atoms with E-state index in [4.69, 9.17) is 43.7 Å². The maximum absolute atomic E-state index is 11.1. The number of esters is 1. The van der Waals surface area contributed by atoms with Crippen molar-refractivity contribution in [2.75, 3.05) is 46.2 Å². The molecule has 3 N–H and O–H groups in total. The molecule has 10 nitrogen and oxygen atoms in total. The van der Waals surface area contributed by atoms with Crippen molar-refractivity contribution in [2.45, 2.75) is 98.1 Å². The molecule has 0 aromatic heterocycles. The first-order valence-corrected chi connectivity index (χ1v) is 12.2. The monoisotopic (exact) mass is 510 g/mol. The van der Waals surface area contributed by atoms with Gasteiger partial charge in [-0.05, 0) is 55.4 Å². The molecular formula is C25H50O10. The Morgan fingerprint density at radius 2 is 0.943 bits per heavy atom. The maximum Gasteiger partial charge on any atom is 0.333 e. The van der Waals surface area contributed by atoms with E-state index in [0.29, 0.717) is 32.0 Å². The smallest absolute Gasteiger partial charge is 0.333 e. The predicted octanol–water partition coefficient (Wildman–Crippen LogP) is 1.87. The van der Waals surface area contributed by atoms with Gasteiger partial charge in [-0.3, -0.25) is 0 Å². The summed E-state index contributed by atoms with van der Waals surface area (Å²) in [5.74, 6) is -0.413. The molecule has 0 rings (SSSR count). The van der Waals surface area contributed by atoms with Gasteiger partial charge >= 0.3 is 5.97 Å². The van der Waals surface area contributed by atoms with Crippen LogP contribution < -0.4 is 0 Å². The Morgan fingerprint density at radius 3 is 1.26 bits per heavy atom. The fourth-order valence-corrected chi connectivity index (χ4v) is 2.07. The van der Waals surface area contributed by atoms with Crippen LogP contribution in [0.15, 0.2) is 12.2 Å². The summed E-state index contributed by atoms with van der Waals surface area (Å²) >= 11 is 0. The molecule has 0 aliphatic rings. The lowest BCUT2D eigenvalue weighted by atomic mass is 10.3. The second-order valence-corrected chi connectivity index (χ2v) is 8.98. The van der Waals surface area contributed by atoms with Gasteiger partial charge in [-0.2, -0.15) is 0 Å². The van der Waals surface area contributed by atoms with Gasteiger partial charge in [-0.1, -0.05) is 6.58 Å². The molecule has 0 fully saturated rings. The Morgan fingerprint density at radius 1 is 0.629 bits per heavy atom. The Hall–Kier alpha value is -1.11. The van der Waals surface area contributed by atoms with Gasteiger partial charge in [0, 0.05) is 5.57 Å². The van der Waals surface area contributed by atoms with Crippen molar-refractivity contribution >= 4 is 5.97 Å². The minimum atomic E-state index is -0.485. The number of carbonyl (C=O) groups is 1. The van der Waals surface area contributed by atoms with Crippen LogP contribution in [0.25, 0.3) is 0 Å². The van der Waals surface area contributed by atoms with Crippen molar-refractivity contribution in [3.05, 3.63) is 12.2 Å². The summed E-state index contributed by atoms with van der Waals surface area (Å²) in [7, 11) is 0. The fourth-order valence-electron chi connectivity index (χ4n) is 2.07. The van der Waals surface area contributed by atoms with E-state index in [1.54, 1.807) is 27.7 Å². The lowest BCUT2D eigenvalue weighted by molar-refractivity contribution is -0.143. The van der Waals surface area contributed by atoms with Crippen LogP contribution in [0.4, 0.5) is 0 Å². The predicted molar refractivity (Wildman–Crippen MR) is 133 cm³/mol. The minimum Gasteiger partial charge on any atom is -0.460 e. The number of rotatable bonds is 19. The van der Waals surface area contributed by atoms with E-state index in [2.05, 4.69) is 6.58 Å². The molecule has 0 saturated carbocycles. The molecule has 0 aromatic rings. The van der Waals surface area contributed by atoms with E-state index in [9.17, 15) is 4.79 Å². The van der Waals surface area contributed by atoms with E-state index in [1.807, 2.05) is 27.7 Å². The van der Waals surface area contributed by atoms with Gasteiger partial charge in [0.05, 0.1) is 82.4 Å². The molecule has 0 aliphatic heterocycles. The molecule has 35 heavy (non-hydrogen) atoms. The van der Waals surface area contributed by atoms with Gasteiger partial charge in [0.1, 0.15) is 6.61 Å². The molecule has 0 amide bonds. The standard InChI is InChI=1S/C13H24O5.C12H26O5/c1-9(2)13(15)18-8-12(5)17-7-11(4)16-6-10(3)14;1-9(14)6-15-11(3)8-17-12(4)7-16-10(2)5-13/h10-12,14H,1,6-8H2,2-5H3;9-14H,5-8H2,1-4H3. The van der Waals surface area contributed by atoms with Crippen LogP contribution in [0.3, 0.4) is 0 Å². The second-order valence-electron chi connectivity index (χ2n) is 8.98. The molecule has 0 heterocycles. The van der Waals surface area contributed by atoms with Crippen LogP contribution in [0.2, 0.25) is 0 Å². The quantitative estimate of drug-likeness (QED) is 0.175. The minimum absolute atomic E-state index is 0.0145. The van der Waals surface area contributed by atoms with Crippen LogP contribution in [0.1, 0.15) is 55.4 Å². The van der Waals surface area contributed by atoms with Crippen LogP contribution in [-0.4, -0.2) is 110 Å². The molecule has 0 aromatic carbocycles. The summed E-state index contributed by atoms with van der Waals surface area (Å²) in [4.78, 5) is 11.1. The highest BCUT2D eigenvalue weighted by Gasteiger charge is 2.12. The highest BCUT2D eigenvalue weighted by Crippen LogP contribution is 2.02. The number of ether oxygens (including phenoxy) is 6. The summed E-state index contributed by atoms with van der Waals surface area (Å²) in [6.07, 6.45) is -1.51. The number of carbonyl (C=O) groups excluding carboxylic acids is 1. The van der Waals surface area contributed by atoms with Crippen molar-refractivity contribution in [1.82, 2.24) is 0 Å². The zero-order valence-electron chi connectivity index (χ0n) is 22.9. The molecule has 210 valence electrons. The van der Waals surface area contributed by atoms with E-state index < -0.39 is 18.2 Å². The summed E-state index contributed by atoms with van der Waals surface area (Å²) in [6, 6.07) is 0. The number of hydrogen-bond acceptors (Lipinski definition) is 10. The number of hydrogen-bond donors (Lipinski definition) is 3. The van der Waals surface area contributed by atoms with Crippen LogP contribution in [0, 0.1) is 0 Å². The highest BCUT2D eigenvalue weighted by atomic mass is 16.6. The Labute approximate surface area is 211 Å². The van der Waals surface area contributed by atoms with E-state index in [1.165, 1.54) is 0 Å². The third kappa shape index (κ3) is 25.8. The molecule has 0 aliphatic carbocycles. The van der Waals surface area contributed by atoms with Crippen LogP contribution in [-0.2, 0) is 33.2 Å². The molecule has 0 saturated heterocycles. The molecule has 7 unspecified atom stereocenters. The number of aliphatic hydroxyl groups excluding tert-OH is 3. The van der Waals surface area contributed by atoms with E-state index in [0.717, 1.165) is 0 Å². The van der Waals surface area contributed by atoms with Crippen LogP contribution >= 0.6 is 0 Å². The van der Waals surface area contributed by atoms with Crippen molar-refractivity contribution in [3.8, 4) is 0 Å². The Kier molecular flexibility index (Phi) is 22.8. The topological polar surface area (TPSA) is 133 Å². The average molecular weight is 511 g/mol. The van der Waals surface area contributed by atoms with Gasteiger partial charge in [-0.15, -0.1) is 0 Å². The summed E-state index contributed by atoms with van der Waals surface area (Å²) < 4.78 is 31.9. The first-order valence-electron chi connectivity index (χ1n) is 12.2. The summed E-state index contributed by atoms with van der Waals surface area (Å²) in [5, 5.41) is 26.9. The third-order valence-electron chi connectivity index (χ3n) is 4.14. The van der Waals surface area contributed by atoms with Crippen LogP contribution in [0.5, 0.6) is 0 Å². The van der Waals surface area contributed by atoms with Crippen molar-refractivity contribution in [2.24, 2.45) is 0 Å². The normalized spacial score (nSPS) is 17.2. The molecule has 7 atom stereocenters. The lowest BCUT2D eigenvalue weighted by Gasteiger charge is -2.19. The first-order chi connectivity index (χ1) is 16.3. The van der Waals surface area contributed by atoms with Crippen molar-refractivity contribution < 1.29 is 48.5 Å². The summed E-state index contributed by atoms with van der Waals surface area (Å²) in [5.41, 5.74) is 0.371. The molecule has 0 bridgehead atoms. The van der Waals surface area contributed by atoms with Gasteiger partial charge in [0.25, 0.3) is 0 Å².